The Labute approximate surface area is 144 Å². The van der Waals surface area contributed by atoms with Crippen molar-refractivity contribution in [3.63, 3.8) is 0 Å². The zero-order chi connectivity index (χ0) is 17.4. The summed E-state index contributed by atoms with van der Waals surface area (Å²) in [5, 5.41) is 2.90. The van der Waals surface area contributed by atoms with E-state index in [4.69, 9.17) is 14.2 Å². The molecule has 1 amide bonds. The Morgan fingerprint density at radius 2 is 1.80 bits per heavy atom. The van der Waals surface area contributed by atoms with E-state index in [0.29, 0.717) is 36.9 Å². The smallest absolute Gasteiger partial charge is 0.308 e. The van der Waals surface area contributed by atoms with Gasteiger partial charge >= 0.3 is 5.97 Å². The maximum Gasteiger partial charge on any atom is 0.308 e. The lowest BCUT2D eigenvalue weighted by atomic mass is 9.84. The van der Waals surface area contributed by atoms with Gasteiger partial charge < -0.3 is 19.5 Å². The van der Waals surface area contributed by atoms with Gasteiger partial charge in [0.2, 0.25) is 5.91 Å². The van der Waals surface area contributed by atoms with Crippen LogP contribution in [0.5, 0.6) is 17.2 Å². The number of benzene rings is 2. The molecular formula is C19H17NO5. The first-order chi connectivity index (χ1) is 12.1. The number of hydrogen-bond donors (Lipinski definition) is 1. The molecule has 25 heavy (non-hydrogen) atoms. The zero-order valence-electron chi connectivity index (χ0n) is 13.7. The van der Waals surface area contributed by atoms with Crippen molar-refractivity contribution < 1.29 is 23.8 Å². The van der Waals surface area contributed by atoms with Crippen molar-refractivity contribution in [3.05, 3.63) is 47.5 Å². The van der Waals surface area contributed by atoms with Crippen LogP contribution in [0, 0.1) is 0 Å². The quantitative estimate of drug-likeness (QED) is 0.673. The molecule has 0 unspecified atom stereocenters. The maximum absolute atomic E-state index is 12.1. The number of amides is 1. The average molecular weight is 339 g/mol. The molecule has 0 spiro atoms. The number of carbonyl (C=O) groups is 2. The first kappa shape index (κ1) is 15.5. The van der Waals surface area contributed by atoms with Gasteiger partial charge in [-0.05, 0) is 29.3 Å². The molecule has 0 saturated heterocycles. The number of nitrogens with one attached hydrogen (secondary N) is 1. The highest BCUT2D eigenvalue weighted by atomic mass is 16.6. The molecule has 2 aliphatic rings. The summed E-state index contributed by atoms with van der Waals surface area (Å²) in [6.45, 7) is 2.38. The highest BCUT2D eigenvalue weighted by Crippen LogP contribution is 2.44. The molecule has 0 fully saturated rings. The third-order valence-electron chi connectivity index (χ3n) is 4.30. The maximum atomic E-state index is 12.1. The van der Waals surface area contributed by atoms with Crippen molar-refractivity contribution in [3.8, 4) is 17.2 Å². The summed E-state index contributed by atoms with van der Waals surface area (Å²) in [6.07, 6.45) is 0.347. The molecular weight excluding hydrogens is 322 g/mol. The van der Waals surface area contributed by atoms with Gasteiger partial charge in [-0.2, -0.15) is 0 Å². The van der Waals surface area contributed by atoms with E-state index in [9.17, 15) is 9.59 Å². The van der Waals surface area contributed by atoms with Crippen molar-refractivity contribution in [1.82, 2.24) is 0 Å². The SMILES string of the molecule is CC(=O)Oc1ccc([C@H]2CC(=O)Nc3cc4c(cc32)OCCO4)cc1. The van der Waals surface area contributed by atoms with Crippen molar-refractivity contribution in [2.45, 2.75) is 19.3 Å². The second kappa shape index (κ2) is 6.12. The van der Waals surface area contributed by atoms with E-state index in [0.717, 1.165) is 16.8 Å². The summed E-state index contributed by atoms with van der Waals surface area (Å²) >= 11 is 0. The highest BCUT2D eigenvalue weighted by molar-refractivity contribution is 5.96. The van der Waals surface area contributed by atoms with Gasteiger partial charge in [0.25, 0.3) is 0 Å². The van der Waals surface area contributed by atoms with Gasteiger partial charge in [0.1, 0.15) is 19.0 Å². The van der Waals surface area contributed by atoms with Crippen molar-refractivity contribution in [2.24, 2.45) is 0 Å². The van der Waals surface area contributed by atoms with Crippen LogP contribution in [0.2, 0.25) is 0 Å². The van der Waals surface area contributed by atoms with Gasteiger partial charge in [-0.1, -0.05) is 12.1 Å². The lowest BCUT2D eigenvalue weighted by Crippen LogP contribution is -2.24. The summed E-state index contributed by atoms with van der Waals surface area (Å²) < 4.78 is 16.3. The third kappa shape index (κ3) is 3.03. The van der Waals surface area contributed by atoms with Crippen molar-refractivity contribution >= 4 is 17.6 Å². The normalized spacial score (nSPS) is 18.1. The number of ether oxygens (including phenoxy) is 3. The molecule has 1 N–H and O–H groups in total. The number of fused-ring (bicyclic) bond motifs is 2. The molecule has 2 heterocycles. The van der Waals surface area contributed by atoms with E-state index in [1.54, 1.807) is 12.1 Å². The van der Waals surface area contributed by atoms with Gasteiger partial charge in [-0.15, -0.1) is 0 Å². The molecule has 128 valence electrons. The molecule has 1 atom stereocenters. The topological polar surface area (TPSA) is 73.9 Å². The van der Waals surface area contributed by atoms with Crippen LogP contribution in [-0.4, -0.2) is 25.1 Å². The Hall–Kier alpha value is -3.02. The fourth-order valence-electron chi connectivity index (χ4n) is 3.23. The van der Waals surface area contributed by atoms with Crippen LogP contribution in [0.4, 0.5) is 5.69 Å². The predicted molar refractivity (Wildman–Crippen MR) is 90.3 cm³/mol. The number of anilines is 1. The van der Waals surface area contributed by atoms with Crippen LogP contribution in [-0.2, 0) is 9.59 Å². The number of hydrogen-bond acceptors (Lipinski definition) is 5. The highest BCUT2D eigenvalue weighted by Gasteiger charge is 2.29. The Kier molecular flexibility index (Phi) is 3.80. The lowest BCUT2D eigenvalue weighted by Gasteiger charge is -2.29. The molecule has 0 radical (unpaired) electrons. The number of carbonyl (C=O) groups excluding carboxylic acids is 2. The van der Waals surface area contributed by atoms with Gasteiger partial charge in [0, 0.05) is 31.0 Å². The predicted octanol–water partition coefficient (Wildman–Crippen LogP) is 2.86. The van der Waals surface area contributed by atoms with Crippen LogP contribution < -0.4 is 19.5 Å². The van der Waals surface area contributed by atoms with Crippen LogP contribution in [0.1, 0.15) is 30.4 Å². The molecule has 0 aliphatic carbocycles. The zero-order valence-corrected chi connectivity index (χ0v) is 13.7. The Balaban J connectivity index is 1.71. The monoisotopic (exact) mass is 339 g/mol. The second-order valence-corrected chi connectivity index (χ2v) is 6.05. The van der Waals surface area contributed by atoms with Crippen LogP contribution >= 0.6 is 0 Å². The molecule has 4 rings (SSSR count). The molecule has 0 bridgehead atoms. The van der Waals surface area contributed by atoms with E-state index in [-0.39, 0.29) is 17.8 Å². The minimum absolute atomic E-state index is 0.0433. The molecule has 2 aromatic rings. The molecule has 6 nitrogen and oxygen atoms in total. The molecule has 6 heteroatoms. The molecule has 2 aromatic carbocycles. The lowest BCUT2D eigenvalue weighted by molar-refractivity contribution is -0.131. The summed E-state index contributed by atoms with van der Waals surface area (Å²) in [4.78, 5) is 23.2. The van der Waals surface area contributed by atoms with Gasteiger partial charge in [0.15, 0.2) is 11.5 Å². The summed E-state index contributed by atoms with van der Waals surface area (Å²) in [5.41, 5.74) is 2.71. The van der Waals surface area contributed by atoms with Crippen molar-refractivity contribution in [2.75, 3.05) is 18.5 Å². The van der Waals surface area contributed by atoms with E-state index < -0.39 is 0 Å². The first-order valence-electron chi connectivity index (χ1n) is 8.12. The van der Waals surface area contributed by atoms with Gasteiger partial charge in [0.05, 0.1) is 0 Å². The van der Waals surface area contributed by atoms with E-state index in [1.165, 1.54) is 6.92 Å². The molecule has 0 aromatic heterocycles. The second-order valence-electron chi connectivity index (χ2n) is 6.05. The number of esters is 1. The average Bonchev–Trinajstić information content (AvgIpc) is 2.59. The largest absolute Gasteiger partial charge is 0.486 e. The standard InChI is InChI=1S/C19H17NO5/c1-11(21)25-13-4-2-12(3-5-13)14-9-19(22)20-16-10-18-17(8-15(14)16)23-6-7-24-18/h2-5,8,10,14H,6-7,9H2,1H3,(H,20,22)/t14-/m1/s1. The van der Waals surface area contributed by atoms with Gasteiger partial charge in [-0.3, -0.25) is 9.59 Å². The van der Waals surface area contributed by atoms with E-state index in [2.05, 4.69) is 5.32 Å². The Bertz CT molecular complexity index is 844. The number of rotatable bonds is 2. The molecule has 2 aliphatic heterocycles. The van der Waals surface area contributed by atoms with Crippen LogP contribution in [0.25, 0.3) is 0 Å². The fraction of sp³-hybridized carbons (Fsp3) is 0.263. The van der Waals surface area contributed by atoms with E-state index in [1.807, 2.05) is 24.3 Å². The minimum Gasteiger partial charge on any atom is -0.486 e. The Morgan fingerprint density at radius 3 is 2.48 bits per heavy atom. The van der Waals surface area contributed by atoms with Crippen LogP contribution in [0.3, 0.4) is 0 Å². The van der Waals surface area contributed by atoms with Crippen LogP contribution in [0.15, 0.2) is 36.4 Å². The fourth-order valence-corrected chi connectivity index (χ4v) is 3.23. The summed E-state index contributed by atoms with van der Waals surface area (Å²) in [5.74, 6) is 1.33. The minimum atomic E-state index is -0.362. The van der Waals surface area contributed by atoms with Crippen molar-refractivity contribution in [1.29, 1.82) is 0 Å². The van der Waals surface area contributed by atoms with Gasteiger partial charge in [-0.25, -0.2) is 0 Å². The third-order valence-corrected chi connectivity index (χ3v) is 4.30. The summed E-state index contributed by atoms with van der Waals surface area (Å²) in [7, 11) is 0. The first-order valence-corrected chi connectivity index (χ1v) is 8.12. The van der Waals surface area contributed by atoms with E-state index >= 15 is 0 Å². The molecule has 0 saturated carbocycles. The summed E-state index contributed by atoms with van der Waals surface area (Å²) in [6, 6.07) is 11.0. The Morgan fingerprint density at radius 1 is 1.12 bits per heavy atom.